The fourth-order valence-electron chi connectivity index (χ4n) is 3.87. The molecule has 2 aromatic carbocycles. The number of hydrogen-bond acceptors (Lipinski definition) is 5. The number of halogens is 3. The van der Waals surface area contributed by atoms with Gasteiger partial charge in [0.1, 0.15) is 12.6 Å². The van der Waals surface area contributed by atoms with Crippen LogP contribution >= 0.6 is 0 Å². The van der Waals surface area contributed by atoms with Crippen molar-refractivity contribution in [1.29, 1.82) is 0 Å². The van der Waals surface area contributed by atoms with E-state index in [0.717, 1.165) is 22.0 Å². The van der Waals surface area contributed by atoms with Gasteiger partial charge in [0.25, 0.3) is 0 Å². The monoisotopic (exact) mass is 527 g/mol. The summed E-state index contributed by atoms with van der Waals surface area (Å²) in [7, 11) is -4.11. The van der Waals surface area contributed by atoms with Crippen LogP contribution in [0.25, 0.3) is 0 Å². The Labute approximate surface area is 207 Å². The van der Waals surface area contributed by atoms with Crippen molar-refractivity contribution < 1.29 is 36.3 Å². The lowest BCUT2D eigenvalue weighted by atomic mass is 10.0. The lowest BCUT2D eigenvalue weighted by Crippen LogP contribution is -2.61. The Balaban J connectivity index is 1.82. The molecular formula is C24H28F3N3O5S. The van der Waals surface area contributed by atoms with Crippen molar-refractivity contribution in [2.45, 2.75) is 43.4 Å². The quantitative estimate of drug-likeness (QED) is 0.575. The number of sulfonamides is 1. The first-order valence-corrected chi connectivity index (χ1v) is 12.7. The molecule has 1 aliphatic rings. The molecule has 0 spiro atoms. The van der Waals surface area contributed by atoms with Crippen LogP contribution in [0.15, 0.2) is 53.4 Å². The van der Waals surface area contributed by atoms with E-state index < -0.39 is 46.2 Å². The van der Waals surface area contributed by atoms with Crippen molar-refractivity contribution in [2.24, 2.45) is 0 Å². The molecule has 1 aliphatic heterocycles. The normalized spacial score (nSPS) is 17.3. The topological polar surface area (TPSA) is 107 Å². The van der Waals surface area contributed by atoms with Crippen LogP contribution in [0.4, 0.5) is 13.2 Å². The molecule has 0 bridgehead atoms. The molecule has 1 unspecified atom stereocenters. The maximum Gasteiger partial charge on any atom is 0.416 e. The van der Waals surface area contributed by atoms with E-state index in [0.29, 0.717) is 5.56 Å². The summed E-state index contributed by atoms with van der Waals surface area (Å²) >= 11 is 0. The Hall–Kier alpha value is -2.96. The number of aliphatic hydroxyl groups is 1. The van der Waals surface area contributed by atoms with Gasteiger partial charge >= 0.3 is 6.18 Å². The molecule has 2 N–H and O–H groups in total. The van der Waals surface area contributed by atoms with E-state index >= 15 is 0 Å². The molecular weight excluding hydrogens is 499 g/mol. The van der Waals surface area contributed by atoms with Crippen molar-refractivity contribution >= 4 is 21.8 Å². The first kappa shape index (κ1) is 27.6. The third-order valence-corrected chi connectivity index (χ3v) is 7.95. The first-order chi connectivity index (χ1) is 16.8. The number of nitrogens with one attached hydrogen (secondary N) is 1. The standard InChI is InChI=1S/C24H28F3N3O5S/c1-16(2)18-5-9-20(10-6-18)36(34,35)30-12-11-29(22(32)15-31)14-21(30)23(33)28-13-17-3-7-19(8-4-17)24(25,26)27/h3-10,16,21,31H,11-15H2,1-2H3,(H,28,33). The molecule has 196 valence electrons. The molecule has 3 rings (SSSR count). The van der Waals surface area contributed by atoms with Crippen molar-refractivity contribution in [1.82, 2.24) is 14.5 Å². The largest absolute Gasteiger partial charge is 0.416 e. The second kappa shape index (κ2) is 11.0. The molecule has 0 aromatic heterocycles. The predicted octanol–water partition coefficient (Wildman–Crippen LogP) is 2.34. The van der Waals surface area contributed by atoms with Crippen LogP contribution in [-0.2, 0) is 32.3 Å². The van der Waals surface area contributed by atoms with Gasteiger partial charge < -0.3 is 15.3 Å². The third kappa shape index (κ3) is 6.23. The number of piperazine rings is 1. The molecule has 12 heteroatoms. The average molecular weight is 528 g/mol. The van der Waals surface area contributed by atoms with E-state index in [1.54, 1.807) is 12.1 Å². The highest BCUT2D eigenvalue weighted by Crippen LogP contribution is 2.29. The van der Waals surface area contributed by atoms with Crippen molar-refractivity contribution in [3.05, 3.63) is 65.2 Å². The summed E-state index contributed by atoms with van der Waals surface area (Å²) in [5.41, 5.74) is 0.496. The van der Waals surface area contributed by atoms with Gasteiger partial charge in [-0.25, -0.2) is 8.42 Å². The fourth-order valence-corrected chi connectivity index (χ4v) is 5.44. The molecule has 0 aliphatic carbocycles. The van der Waals surface area contributed by atoms with E-state index in [-0.39, 0.29) is 37.0 Å². The van der Waals surface area contributed by atoms with Gasteiger partial charge in [-0.1, -0.05) is 38.1 Å². The van der Waals surface area contributed by atoms with Crippen LogP contribution in [0.1, 0.15) is 36.5 Å². The van der Waals surface area contributed by atoms with Gasteiger partial charge in [-0.15, -0.1) is 0 Å². The number of alkyl halides is 3. The minimum Gasteiger partial charge on any atom is -0.387 e. The molecule has 0 radical (unpaired) electrons. The number of nitrogens with zero attached hydrogens (tertiary/aromatic N) is 2. The summed E-state index contributed by atoms with van der Waals surface area (Å²) in [6, 6.07) is 9.25. The maximum absolute atomic E-state index is 13.4. The third-order valence-electron chi connectivity index (χ3n) is 6.02. The summed E-state index contributed by atoms with van der Waals surface area (Å²) in [5.74, 6) is -1.17. The Kier molecular flexibility index (Phi) is 8.42. The first-order valence-electron chi connectivity index (χ1n) is 11.3. The van der Waals surface area contributed by atoms with Gasteiger partial charge in [0.05, 0.1) is 10.5 Å². The van der Waals surface area contributed by atoms with Crippen LogP contribution < -0.4 is 5.32 Å². The summed E-state index contributed by atoms with van der Waals surface area (Å²) < 4.78 is 66.2. The predicted molar refractivity (Wildman–Crippen MR) is 125 cm³/mol. The lowest BCUT2D eigenvalue weighted by molar-refractivity contribution is -0.139. The Morgan fingerprint density at radius 3 is 2.19 bits per heavy atom. The summed E-state index contributed by atoms with van der Waals surface area (Å²) in [6.45, 7) is 2.56. The molecule has 2 aromatic rings. The van der Waals surface area contributed by atoms with Crippen molar-refractivity contribution in [2.75, 3.05) is 26.2 Å². The van der Waals surface area contributed by atoms with Gasteiger partial charge in [-0.2, -0.15) is 17.5 Å². The number of hydrogen-bond donors (Lipinski definition) is 2. The van der Waals surface area contributed by atoms with Crippen LogP contribution in [0.2, 0.25) is 0 Å². The van der Waals surface area contributed by atoms with Crippen molar-refractivity contribution in [3.8, 4) is 0 Å². The summed E-state index contributed by atoms with van der Waals surface area (Å²) in [4.78, 5) is 26.3. The highest BCUT2D eigenvalue weighted by atomic mass is 32.2. The summed E-state index contributed by atoms with van der Waals surface area (Å²) in [6.07, 6.45) is -4.49. The van der Waals surface area contributed by atoms with Gasteiger partial charge in [-0.3, -0.25) is 9.59 Å². The number of amides is 2. The van der Waals surface area contributed by atoms with E-state index in [1.165, 1.54) is 29.2 Å². The van der Waals surface area contributed by atoms with Crippen molar-refractivity contribution in [3.63, 3.8) is 0 Å². The fraction of sp³-hybridized carbons (Fsp3) is 0.417. The molecule has 1 atom stereocenters. The van der Waals surface area contributed by atoms with E-state index in [2.05, 4.69) is 5.32 Å². The zero-order chi connectivity index (χ0) is 26.7. The Bertz CT molecular complexity index is 1180. The van der Waals surface area contributed by atoms with Gasteiger partial charge in [0.2, 0.25) is 21.8 Å². The van der Waals surface area contributed by atoms with E-state index in [1.807, 2.05) is 13.8 Å². The number of aliphatic hydroxyl groups excluding tert-OH is 1. The highest BCUT2D eigenvalue weighted by Gasteiger charge is 2.41. The molecule has 2 amide bonds. The Morgan fingerprint density at radius 1 is 1.06 bits per heavy atom. The molecule has 1 saturated heterocycles. The number of carbonyl (C=O) groups excluding carboxylic acids is 2. The number of carbonyl (C=O) groups is 2. The maximum atomic E-state index is 13.4. The second-order valence-electron chi connectivity index (χ2n) is 8.77. The van der Waals surface area contributed by atoms with Crippen LogP contribution in [0.5, 0.6) is 0 Å². The smallest absolute Gasteiger partial charge is 0.387 e. The molecule has 1 fully saturated rings. The van der Waals surface area contributed by atoms with Gasteiger partial charge in [0, 0.05) is 26.2 Å². The van der Waals surface area contributed by atoms with Crippen LogP contribution in [0.3, 0.4) is 0 Å². The molecule has 0 saturated carbocycles. The SMILES string of the molecule is CC(C)c1ccc(S(=O)(=O)N2CCN(C(=O)CO)CC2C(=O)NCc2ccc(C(F)(F)F)cc2)cc1. The molecule has 1 heterocycles. The zero-order valence-electron chi connectivity index (χ0n) is 19.8. The number of benzene rings is 2. The minimum atomic E-state index is -4.49. The minimum absolute atomic E-state index is 0.00521. The molecule has 8 nitrogen and oxygen atoms in total. The van der Waals surface area contributed by atoms with Crippen LogP contribution in [0, 0.1) is 0 Å². The molecule has 36 heavy (non-hydrogen) atoms. The highest BCUT2D eigenvalue weighted by molar-refractivity contribution is 7.89. The van der Waals surface area contributed by atoms with E-state index in [9.17, 15) is 36.3 Å². The van der Waals surface area contributed by atoms with Gasteiger partial charge in [-0.05, 0) is 41.3 Å². The zero-order valence-corrected chi connectivity index (χ0v) is 20.6. The second-order valence-corrected chi connectivity index (χ2v) is 10.7. The lowest BCUT2D eigenvalue weighted by Gasteiger charge is -2.39. The van der Waals surface area contributed by atoms with E-state index in [4.69, 9.17) is 0 Å². The summed E-state index contributed by atoms with van der Waals surface area (Å²) in [5, 5.41) is 11.8. The van der Waals surface area contributed by atoms with Crippen LogP contribution in [-0.4, -0.2) is 66.8 Å². The number of rotatable bonds is 7. The van der Waals surface area contributed by atoms with Gasteiger partial charge in [0.15, 0.2) is 0 Å². The Morgan fingerprint density at radius 2 is 1.67 bits per heavy atom. The average Bonchev–Trinajstić information content (AvgIpc) is 2.86.